The van der Waals surface area contributed by atoms with Gasteiger partial charge in [-0.05, 0) is 75.9 Å². The van der Waals surface area contributed by atoms with Crippen molar-refractivity contribution in [1.29, 1.82) is 0 Å². The molecular formula is C23H31F3N2O2. The maximum atomic E-state index is 12.6. The lowest BCUT2D eigenvalue weighted by Gasteiger charge is -2.33. The number of benzene rings is 1. The van der Waals surface area contributed by atoms with Crippen molar-refractivity contribution >= 4 is 6.09 Å². The van der Waals surface area contributed by atoms with Gasteiger partial charge < -0.3 is 9.64 Å². The zero-order valence-electron chi connectivity index (χ0n) is 18.0. The summed E-state index contributed by atoms with van der Waals surface area (Å²) in [6, 6.07) is 4.24. The number of amides is 1. The summed E-state index contributed by atoms with van der Waals surface area (Å²) in [5, 5.41) is 0. The summed E-state index contributed by atoms with van der Waals surface area (Å²) >= 11 is 0. The Balaban J connectivity index is 1.76. The predicted molar refractivity (Wildman–Crippen MR) is 111 cm³/mol. The van der Waals surface area contributed by atoms with Crippen molar-refractivity contribution in [3.05, 3.63) is 29.8 Å². The fraction of sp³-hybridized carbons (Fsp3) is 0.609. The molecule has 1 aliphatic carbocycles. The van der Waals surface area contributed by atoms with Crippen LogP contribution in [-0.2, 0) is 6.18 Å². The molecule has 1 saturated carbocycles. The number of nitrogens with zero attached hydrogens (tertiary/aromatic N) is 2. The molecule has 1 amide bonds. The minimum absolute atomic E-state index is 0.0758. The highest BCUT2D eigenvalue weighted by atomic mass is 19.4. The summed E-state index contributed by atoms with van der Waals surface area (Å²) in [4.78, 5) is 16.1. The average molecular weight is 425 g/mol. The SMILES string of the molecule is CCCN(C)CC#CCC1CCC(N(C)C(=O)Oc2ccc(C(F)(F)F)cc2)CC1. The van der Waals surface area contributed by atoms with Crippen LogP contribution >= 0.6 is 0 Å². The number of carbonyl (C=O) groups is 1. The summed E-state index contributed by atoms with van der Waals surface area (Å²) in [7, 11) is 3.75. The first kappa shape index (κ1) is 24.1. The Morgan fingerprint density at radius 1 is 1.10 bits per heavy atom. The Kier molecular flexibility index (Phi) is 9.04. The molecule has 30 heavy (non-hydrogen) atoms. The van der Waals surface area contributed by atoms with Gasteiger partial charge in [0.1, 0.15) is 5.75 Å². The average Bonchev–Trinajstić information content (AvgIpc) is 2.71. The summed E-state index contributed by atoms with van der Waals surface area (Å²) < 4.78 is 43.1. The molecule has 0 bridgehead atoms. The number of alkyl halides is 3. The van der Waals surface area contributed by atoms with Gasteiger partial charge in [0.05, 0.1) is 12.1 Å². The maximum Gasteiger partial charge on any atom is 0.416 e. The van der Waals surface area contributed by atoms with E-state index in [0.717, 1.165) is 63.7 Å². The second-order valence-corrected chi connectivity index (χ2v) is 7.97. The number of carbonyl (C=O) groups excluding carboxylic acids is 1. The third kappa shape index (κ3) is 7.56. The molecule has 1 aliphatic rings. The van der Waals surface area contributed by atoms with Crippen LogP contribution in [0.1, 0.15) is 51.0 Å². The van der Waals surface area contributed by atoms with E-state index in [9.17, 15) is 18.0 Å². The predicted octanol–water partition coefficient (Wildman–Crippen LogP) is 5.43. The van der Waals surface area contributed by atoms with Gasteiger partial charge in [0.2, 0.25) is 0 Å². The van der Waals surface area contributed by atoms with E-state index in [1.807, 2.05) is 0 Å². The van der Waals surface area contributed by atoms with Crippen molar-refractivity contribution in [3.8, 4) is 17.6 Å². The number of hydrogen-bond acceptors (Lipinski definition) is 3. The minimum atomic E-state index is -4.41. The Morgan fingerprint density at radius 3 is 2.30 bits per heavy atom. The van der Waals surface area contributed by atoms with Crippen LogP contribution in [-0.4, -0.2) is 49.1 Å². The van der Waals surface area contributed by atoms with Crippen LogP contribution in [0, 0.1) is 17.8 Å². The molecule has 0 spiro atoms. The van der Waals surface area contributed by atoms with E-state index in [4.69, 9.17) is 4.74 Å². The van der Waals surface area contributed by atoms with Crippen molar-refractivity contribution in [2.24, 2.45) is 5.92 Å². The molecule has 1 fully saturated rings. The summed E-state index contributed by atoms with van der Waals surface area (Å²) in [5.74, 6) is 7.17. The summed E-state index contributed by atoms with van der Waals surface area (Å²) in [6.07, 6.45) is 0.805. The first-order chi connectivity index (χ1) is 14.2. The summed E-state index contributed by atoms with van der Waals surface area (Å²) in [6.45, 7) is 4.00. The second kappa shape index (κ2) is 11.3. The van der Waals surface area contributed by atoms with Crippen LogP contribution in [0.3, 0.4) is 0 Å². The van der Waals surface area contributed by atoms with Crippen LogP contribution in [0.2, 0.25) is 0 Å². The molecule has 1 aromatic rings. The number of ether oxygens (including phenoxy) is 1. The Labute approximate surface area is 177 Å². The van der Waals surface area contributed by atoms with Crippen molar-refractivity contribution in [2.45, 2.75) is 57.7 Å². The van der Waals surface area contributed by atoms with Crippen LogP contribution in [0.4, 0.5) is 18.0 Å². The van der Waals surface area contributed by atoms with E-state index < -0.39 is 17.8 Å². The van der Waals surface area contributed by atoms with E-state index >= 15 is 0 Å². The zero-order valence-corrected chi connectivity index (χ0v) is 18.0. The van der Waals surface area contributed by atoms with Crippen LogP contribution in [0.15, 0.2) is 24.3 Å². The monoisotopic (exact) mass is 424 g/mol. The molecule has 0 radical (unpaired) electrons. The molecule has 0 saturated heterocycles. The quantitative estimate of drug-likeness (QED) is 0.571. The van der Waals surface area contributed by atoms with E-state index in [2.05, 4.69) is 30.7 Å². The van der Waals surface area contributed by atoms with Gasteiger partial charge in [-0.1, -0.05) is 12.8 Å². The van der Waals surface area contributed by atoms with Crippen LogP contribution < -0.4 is 4.74 Å². The largest absolute Gasteiger partial charge is 0.416 e. The lowest BCUT2D eigenvalue weighted by Crippen LogP contribution is -2.41. The molecule has 1 aromatic carbocycles. The maximum absolute atomic E-state index is 12.6. The smallest absolute Gasteiger partial charge is 0.410 e. The topological polar surface area (TPSA) is 32.8 Å². The number of hydrogen-bond donors (Lipinski definition) is 0. The Morgan fingerprint density at radius 2 is 1.73 bits per heavy atom. The number of rotatable bonds is 6. The minimum Gasteiger partial charge on any atom is -0.410 e. The van der Waals surface area contributed by atoms with Gasteiger partial charge in [-0.25, -0.2) is 4.79 Å². The molecule has 4 nitrogen and oxygen atoms in total. The van der Waals surface area contributed by atoms with Gasteiger partial charge >= 0.3 is 12.3 Å². The van der Waals surface area contributed by atoms with Gasteiger partial charge in [-0.3, -0.25) is 4.90 Å². The fourth-order valence-corrected chi connectivity index (χ4v) is 3.64. The first-order valence-electron chi connectivity index (χ1n) is 10.5. The first-order valence-corrected chi connectivity index (χ1v) is 10.5. The van der Waals surface area contributed by atoms with Crippen molar-refractivity contribution < 1.29 is 22.7 Å². The van der Waals surface area contributed by atoms with E-state index in [1.54, 1.807) is 11.9 Å². The Bertz CT molecular complexity index is 730. The molecular weight excluding hydrogens is 393 g/mol. The van der Waals surface area contributed by atoms with Crippen LogP contribution in [0.5, 0.6) is 5.75 Å². The molecule has 0 aliphatic heterocycles. The van der Waals surface area contributed by atoms with Crippen molar-refractivity contribution in [2.75, 3.05) is 27.2 Å². The third-order valence-electron chi connectivity index (χ3n) is 5.51. The summed E-state index contributed by atoms with van der Waals surface area (Å²) in [5.41, 5.74) is -0.769. The number of halogens is 3. The van der Waals surface area contributed by atoms with Gasteiger partial charge in [0.25, 0.3) is 0 Å². The molecule has 7 heteroatoms. The van der Waals surface area contributed by atoms with Crippen molar-refractivity contribution in [3.63, 3.8) is 0 Å². The van der Waals surface area contributed by atoms with Gasteiger partial charge in [0.15, 0.2) is 0 Å². The highest BCUT2D eigenvalue weighted by Gasteiger charge is 2.30. The molecule has 0 atom stereocenters. The molecule has 166 valence electrons. The molecule has 0 N–H and O–H groups in total. The van der Waals surface area contributed by atoms with E-state index in [0.29, 0.717) is 5.92 Å². The lowest BCUT2D eigenvalue weighted by molar-refractivity contribution is -0.137. The molecule has 0 heterocycles. The molecule has 0 aromatic heterocycles. The molecule has 2 rings (SSSR count). The van der Waals surface area contributed by atoms with Crippen LogP contribution in [0.25, 0.3) is 0 Å². The molecule has 0 unspecified atom stereocenters. The zero-order chi connectivity index (χ0) is 22.1. The van der Waals surface area contributed by atoms with E-state index in [1.165, 1.54) is 12.1 Å². The van der Waals surface area contributed by atoms with Gasteiger partial charge in [0, 0.05) is 19.5 Å². The lowest BCUT2D eigenvalue weighted by atomic mass is 9.84. The highest BCUT2D eigenvalue weighted by Crippen LogP contribution is 2.31. The second-order valence-electron chi connectivity index (χ2n) is 7.97. The van der Waals surface area contributed by atoms with E-state index in [-0.39, 0.29) is 11.8 Å². The fourth-order valence-electron chi connectivity index (χ4n) is 3.64. The van der Waals surface area contributed by atoms with Gasteiger partial charge in [-0.15, -0.1) is 5.92 Å². The van der Waals surface area contributed by atoms with Crippen molar-refractivity contribution in [1.82, 2.24) is 9.80 Å². The Hall–Kier alpha value is -2.20. The normalized spacial score (nSPS) is 19.2. The highest BCUT2D eigenvalue weighted by molar-refractivity contribution is 5.70. The van der Waals surface area contributed by atoms with Gasteiger partial charge in [-0.2, -0.15) is 13.2 Å². The standard InChI is InChI=1S/C23H31F3N2O2/c1-4-16-27(2)17-6-5-7-18-8-12-20(13-9-18)28(3)22(29)30-21-14-10-19(11-15-21)23(24,25)26/h10-11,14-15,18,20H,4,7-9,12-13,16-17H2,1-3H3. The third-order valence-corrected chi connectivity index (χ3v) is 5.51.